The summed E-state index contributed by atoms with van der Waals surface area (Å²) < 4.78 is 21.0. The maximum atomic E-state index is 14.0. The number of hydrogen-bond donors (Lipinski definition) is 2. The number of nitrogens with one attached hydrogen (secondary N) is 2. The van der Waals surface area contributed by atoms with Gasteiger partial charge in [0.05, 0.1) is 18.8 Å². The number of fused-ring (bicyclic) bond motifs is 3. The van der Waals surface area contributed by atoms with E-state index >= 15 is 0 Å². The Morgan fingerprint density at radius 1 is 1.02 bits per heavy atom. The minimum atomic E-state index is -0.891. The van der Waals surface area contributed by atoms with Crippen molar-refractivity contribution in [3.05, 3.63) is 107 Å². The van der Waals surface area contributed by atoms with Crippen LogP contribution < -0.4 is 15.4 Å². The zero-order valence-corrected chi connectivity index (χ0v) is 25.3. The van der Waals surface area contributed by atoms with Crippen LogP contribution in [-0.2, 0) is 29.1 Å². The molecule has 238 valence electrons. The van der Waals surface area contributed by atoms with Crippen LogP contribution in [0, 0.1) is 17.7 Å². The summed E-state index contributed by atoms with van der Waals surface area (Å²) in [4.78, 5) is 46.5. The van der Waals surface area contributed by atoms with Crippen molar-refractivity contribution in [2.45, 2.75) is 44.8 Å². The molecule has 0 aliphatic carbocycles. The summed E-state index contributed by atoms with van der Waals surface area (Å²) in [5.41, 5.74) is 2.70. The Hall–Kier alpha value is -5.13. The van der Waals surface area contributed by atoms with E-state index in [-0.39, 0.29) is 53.9 Å². The maximum absolute atomic E-state index is 14.0. The van der Waals surface area contributed by atoms with Crippen molar-refractivity contribution in [1.82, 2.24) is 35.5 Å². The number of aromatic nitrogens is 4. The number of amides is 3. The van der Waals surface area contributed by atoms with Gasteiger partial charge >= 0.3 is 0 Å². The van der Waals surface area contributed by atoms with Crippen LogP contribution in [0.3, 0.4) is 0 Å². The first-order valence-corrected chi connectivity index (χ1v) is 15.5. The molecule has 2 aliphatic heterocycles. The Kier molecular flexibility index (Phi) is 9.61. The SMILES string of the molecule is O=C(C[C@@H]1CCN2C[C@@H]1CCOc1ncccc1C(=O)N[C@H](Cc1cn(Cc3ccccc3)nn1)C2=O)NCc1ccc(F)cc1. The largest absolute Gasteiger partial charge is 0.477 e. The lowest BCUT2D eigenvalue weighted by atomic mass is 9.80. The average Bonchev–Trinajstić information content (AvgIpc) is 3.51. The van der Waals surface area contributed by atoms with Crippen molar-refractivity contribution in [1.29, 1.82) is 0 Å². The fraction of sp³-hybridized carbons (Fsp3) is 0.353. The molecular formula is C34H36FN7O4. The van der Waals surface area contributed by atoms with Gasteiger partial charge in [0.1, 0.15) is 17.4 Å². The second-order valence-corrected chi connectivity index (χ2v) is 11.8. The number of ether oxygens (including phenoxy) is 1. The van der Waals surface area contributed by atoms with Crippen LogP contribution in [0.1, 0.15) is 46.4 Å². The number of nitrogens with zero attached hydrogens (tertiary/aromatic N) is 5. The summed E-state index contributed by atoms with van der Waals surface area (Å²) in [6, 6.07) is 18.3. The predicted octanol–water partition coefficient (Wildman–Crippen LogP) is 3.16. The van der Waals surface area contributed by atoms with Gasteiger partial charge in [-0.05, 0) is 60.1 Å². The third-order valence-electron chi connectivity index (χ3n) is 8.59. The van der Waals surface area contributed by atoms with Crippen molar-refractivity contribution in [3.63, 3.8) is 0 Å². The molecule has 0 unspecified atom stereocenters. The van der Waals surface area contributed by atoms with Crippen LogP contribution >= 0.6 is 0 Å². The normalized spacial score (nSPS) is 20.0. The highest BCUT2D eigenvalue weighted by Gasteiger charge is 2.36. The van der Waals surface area contributed by atoms with Gasteiger partial charge in [-0.25, -0.2) is 14.1 Å². The van der Waals surface area contributed by atoms with Gasteiger partial charge in [-0.3, -0.25) is 14.4 Å². The van der Waals surface area contributed by atoms with Crippen LogP contribution in [0.4, 0.5) is 4.39 Å². The number of halogens is 1. The second-order valence-electron chi connectivity index (χ2n) is 11.8. The van der Waals surface area contributed by atoms with E-state index in [1.165, 1.54) is 12.1 Å². The van der Waals surface area contributed by atoms with Gasteiger partial charge in [0.15, 0.2) is 0 Å². The molecule has 2 aliphatic rings. The van der Waals surface area contributed by atoms with Crippen molar-refractivity contribution in [2.75, 3.05) is 19.7 Å². The molecule has 6 rings (SSSR count). The topological polar surface area (TPSA) is 131 Å². The van der Waals surface area contributed by atoms with Gasteiger partial charge in [-0.2, -0.15) is 0 Å². The zero-order chi connectivity index (χ0) is 31.9. The first-order valence-electron chi connectivity index (χ1n) is 15.5. The zero-order valence-electron chi connectivity index (χ0n) is 25.3. The van der Waals surface area contributed by atoms with E-state index in [4.69, 9.17) is 4.74 Å². The van der Waals surface area contributed by atoms with Crippen molar-refractivity contribution in [2.24, 2.45) is 11.8 Å². The summed E-state index contributed by atoms with van der Waals surface area (Å²) in [6.45, 7) is 2.01. The number of hydrogen-bond acceptors (Lipinski definition) is 7. The molecule has 1 fully saturated rings. The second kappa shape index (κ2) is 14.3. The highest BCUT2D eigenvalue weighted by atomic mass is 19.1. The first kappa shape index (κ1) is 30.9. The Bertz CT molecular complexity index is 1660. The molecule has 46 heavy (non-hydrogen) atoms. The Morgan fingerprint density at radius 2 is 1.85 bits per heavy atom. The number of rotatable bonds is 8. The van der Waals surface area contributed by atoms with Crippen LogP contribution in [0.2, 0.25) is 0 Å². The van der Waals surface area contributed by atoms with Crippen molar-refractivity contribution < 1.29 is 23.5 Å². The molecule has 4 heterocycles. The molecule has 1 saturated heterocycles. The quantitative estimate of drug-likeness (QED) is 0.308. The predicted molar refractivity (Wildman–Crippen MR) is 166 cm³/mol. The van der Waals surface area contributed by atoms with Crippen LogP contribution in [-0.4, -0.2) is 68.3 Å². The summed E-state index contributed by atoms with van der Waals surface area (Å²) in [6.07, 6.45) is 5.02. The minimum Gasteiger partial charge on any atom is -0.477 e. The van der Waals surface area contributed by atoms with Gasteiger partial charge < -0.3 is 20.3 Å². The Morgan fingerprint density at radius 3 is 2.67 bits per heavy atom. The van der Waals surface area contributed by atoms with E-state index in [1.54, 1.807) is 46.2 Å². The van der Waals surface area contributed by atoms with E-state index in [0.29, 0.717) is 51.1 Å². The first-order chi connectivity index (χ1) is 22.4. The minimum absolute atomic E-state index is 0.0102. The summed E-state index contributed by atoms with van der Waals surface area (Å²) >= 11 is 0. The lowest BCUT2D eigenvalue weighted by Crippen LogP contribution is -2.54. The third-order valence-corrected chi connectivity index (χ3v) is 8.59. The number of carbonyl (C=O) groups is 3. The maximum Gasteiger partial charge on any atom is 0.257 e. The van der Waals surface area contributed by atoms with E-state index in [2.05, 4.69) is 25.9 Å². The number of benzene rings is 2. The van der Waals surface area contributed by atoms with E-state index in [0.717, 1.165) is 11.1 Å². The smallest absolute Gasteiger partial charge is 0.257 e. The van der Waals surface area contributed by atoms with Gasteiger partial charge in [-0.1, -0.05) is 47.7 Å². The fourth-order valence-electron chi connectivity index (χ4n) is 6.12. The highest BCUT2D eigenvalue weighted by molar-refractivity contribution is 5.99. The summed E-state index contributed by atoms with van der Waals surface area (Å²) in [7, 11) is 0. The molecule has 0 spiro atoms. The highest BCUT2D eigenvalue weighted by Crippen LogP contribution is 2.31. The Balaban J connectivity index is 1.17. The molecule has 11 nitrogen and oxygen atoms in total. The Labute approximate surface area is 266 Å². The van der Waals surface area contributed by atoms with Gasteiger partial charge in [0.2, 0.25) is 17.7 Å². The summed E-state index contributed by atoms with van der Waals surface area (Å²) in [5.74, 6) is -0.874. The summed E-state index contributed by atoms with van der Waals surface area (Å²) in [5, 5.41) is 14.4. The molecule has 0 radical (unpaired) electrons. The molecular weight excluding hydrogens is 589 g/mol. The molecule has 2 aromatic heterocycles. The molecule has 12 heteroatoms. The van der Waals surface area contributed by atoms with Crippen molar-refractivity contribution in [3.8, 4) is 5.88 Å². The van der Waals surface area contributed by atoms with E-state index in [9.17, 15) is 18.8 Å². The third kappa shape index (κ3) is 7.74. The van der Waals surface area contributed by atoms with Crippen LogP contribution in [0.15, 0.2) is 79.1 Å². The molecule has 3 amide bonds. The lowest BCUT2D eigenvalue weighted by molar-refractivity contribution is -0.136. The van der Waals surface area contributed by atoms with Gasteiger partial charge in [0.25, 0.3) is 5.91 Å². The molecule has 4 aromatic rings. The van der Waals surface area contributed by atoms with Gasteiger partial charge in [0, 0.05) is 44.9 Å². The average molecular weight is 626 g/mol. The fourth-order valence-corrected chi connectivity index (χ4v) is 6.12. The number of piperidine rings is 1. The number of carbonyl (C=O) groups excluding carboxylic acids is 3. The van der Waals surface area contributed by atoms with Gasteiger partial charge in [-0.15, -0.1) is 5.10 Å². The lowest BCUT2D eigenvalue weighted by Gasteiger charge is -2.40. The van der Waals surface area contributed by atoms with E-state index < -0.39 is 11.9 Å². The number of pyridine rings is 1. The van der Waals surface area contributed by atoms with E-state index in [1.807, 2.05) is 30.3 Å². The van der Waals surface area contributed by atoms with Crippen LogP contribution in [0.25, 0.3) is 0 Å². The monoisotopic (exact) mass is 625 g/mol. The van der Waals surface area contributed by atoms with Crippen LogP contribution in [0.5, 0.6) is 5.88 Å². The molecule has 3 atom stereocenters. The van der Waals surface area contributed by atoms with Crippen molar-refractivity contribution >= 4 is 17.7 Å². The molecule has 2 bridgehead atoms. The molecule has 0 saturated carbocycles. The molecule has 2 N–H and O–H groups in total. The standard InChI is InChI=1S/C34H36FN7O4/c35-27-10-8-23(9-11-27)19-37-31(43)17-25-12-15-41-21-26(25)13-16-46-33-29(7-4-14-36-33)32(44)38-30(34(41)45)18-28-22-42(40-39-28)20-24-5-2-1-3-6-24/h1-11,14,22,25-26,30H,12-13,15-21H2,(H,37,43)(H,38,44)/t25-,26-,30+/m0/s1. The molecule has 2 aromatic carbocycles.